The van der Waals surface area contributed by atoms with Crippen molar-refractivity contribution in [1.29, 1.82) is 0 Å². The zero-order valence-electron chi connectivity index (χ0n) is 12.1. The largest absolute Gasteiger partial charge is 0.417 e. The summed E-state index contributed by atoms with van der Waals surface area (Å²) in [6.45, 7) is 15.1. The fourth-order valence-electron chi connectivity index (χ4n) is 2.04. The van der Waals surface area contributed by atoms with Gasteiger partial charge in [-0.25, -0.2) is 0 Å². The van der Waals surface area contributed by atoms with Gasteiger partial charge in [0.25, 0.3) is 0 Å². The Bertz CT molecular complexity index is 209. The van der Waals surface area contributed by atoms with Gasteiger partial charge in [-0.05, 0) is 42.8 Å². The summed E-state index contributed by atoms with van der Waals surface area (Å²) in [5.41, 5.74) is 0. The lowest BCUT2D eigenvalue weighted by Crippen LogP contribution is -2.42. The average Bonchev–Trinajstić information content (AvgIpc) is 2.15. The van der Waals surface area contributed by atoms with Crippen molar-refractivity contribution in [3.63, 3.8) is 0 Å². The molecule has 1 aliphatic rings. The van der Waals surface area contributed by atoms with Gasteiger partial charge in [-0.15, -0.1) is 0 Å². The Balaban J connectivity index is 2.34. The molecule has 1 saturated carbocycles. The fourth-order valence-corrected chi connectivity index (χ4v) is 3.12. The molecule has 0 aliphatic heterocycles. The van der Waals surface area contributed by atoms with Gasteiger partial charge in [0, 0.05) is 6.61 Å². The van der Waals surface area contributed by atoms with Crippen molar-refractivity contribution in [2.45, 2.75) is 71.5 Å². The van der Waals surface area contributed by atoms with E-state index in [0.29, 0.717) is 5.04 Å². The summed E-state index contributed by atoms with van der Waals surface area (Å²) in [5.74, 6) is 1.79. The van der Waals surface area contributed by atoms with Gasteiger partial charge in [-0.1, -0.05) is 40.5 Å². The minimum Gasteiger partial charge on any atom is -0.417 e. The van der Waals surface area contributed by atoms with Crippen molar-refractivity contribution < 1.29 is 4.43 Å². The summed E-state index contributed by atoms with van der Waals surface area (Å²) >= 11 is 0. The molecule has 0 amide bonds. The zero-order chi connectivity index (χ0) is 12.4. The van der Waals surface area contributed by atoms with Crippen molar-refractivity contribution >= 4 is 8.32 Å². The SMILES string of the molecule is CC1CCC(CO[Si](C)(C)C(C)(C)C)CC1. The van der Waals surface area contributed by atoms with E-state index >= 15 is 0 Å². The second-order valence-corrected chi connectivity index (χ2v) is 12.0. The van der Waals surface area contributed by atoms with E-state index < -0.39 is 8.32 Å². The molecule has 16 heavy (non-hydrogen) atoms. The van der Waals surface area contributed by atoms with Gasteiger partial charge in [0.1, 0.15) is 0 Å². The van der Waals surface area contributed by atoms with E-state index in [2.05, 4.69) is 40.8 Å². The van der Waals surface area contributed by atoms with Crippen molar-refractivity contribution in [3.8, 4) is 0 Å². The lowest BCUT2D eigenvalue weighted by atomic mass is 9.83. The van der Waals surface area contributed by atoms with Crippen LogP contribution in [0.2, 0.25) is 18.1 Å². The summed E-state index contributed by atoms with van der Waals surface area (Å²) < 4.78 is 6.31. The molecular formula is C14H30OSi. The minimum absolute atomic E-state index is 0.356. The van der Waals surface area contributed by atoms with Crippen molar-refractivity contribution in [2.75, 3.05) is 6.61 Å². The Morgan fingerprint density at radius 2 is 1.56 bits per heavy atom. The van der Waals surface area contributed by atoms with Crippen LogP contribution in [0.4, 0.5) is 0 Å². The van der Waals surface area contributed by atoms with Crippen LogP contribution >= 0.6 is 0 Å². The molecule has 0 bridgehead atoms. The summed E-state index contributed by atoms with van der Waals surface area (Å²) in [6.07, 6.45) is 5.59. The third-order valence-corrected chi connectivity index (χ3v) is 9.12. The molecule has 1 nitrogen and oxygen atoms in total. The van der Waals surface area contributed by atoms with Crippen LogP contribution in [0.25, 0.3) is 0 Å². The highest BCUT2D eigenvalue weighted by molar-refractivity contribution is 6.74. The van der Waals surface area contributed by atoms with Crippen LogP contribution in [0.15, 0.2) is 0 Å². The molecule has 0 saturated heterocycles. The molecule has 0 aromatic rings. The third-order valence-electron chi connectivity index (χ3n) is 4.62. The van der Waals surface area contributed by atoms with Gasteiger partial charge in [0.05, 0.1) is 0 Å². The first kappa shape index (κ1) is 14.2. The summed E-state index contributed by atoms with van der Waals surface area (Å²) in [7, 11) is -1.51. The molecule has 0 aromatic carbocycles. The Kier molecular flexibility index (Phi) is 4.64. The Morgan fingerprint density at radius 3 is 2.00 bits per heavy atom. The van der Waals surface area contributed by atoms with Gasteiger partial charge in [0.15, 0.2) is 8.32 Å². The lowest BCUT2D eigenvalue weighted by Gasteiger charge is -2.38. The monoisotopic (exact) mass is 242 g/mol. The minimum atomic E-state index is -1.51. The van der Waals surface area contributed by atoms with Crippen LogP contribution < -0.4 is 0 Å². The Morgan fingerprint density at radius 1 is 1.06 bits per heavy atom. The van der Waals surface area contributed by atoms with Crippen LogP contribution in [-0.2, 0) is 4.43 Å². The maximum atomic E-state index is 6.31. The highest BCUT2D eigenvalue weighted by Gasteiger charge is 2.37. The molecule has 0 unspecified atom stereocenters. The summed E-state index contributed by atoms with van der Waals surface area (Å²) in [4.78, 5) is 0. The quantitative estimate of drug-likeness (QED) is 0.644. The Labute approximate surface area is 103 Å². The lowest BCUT2D eigenvalue weighted by molar-refractivity contribution is 0.175. The molecule has 1 rings (SSSR count). The molecular weight excluding hydrogens is 212 g/mol. The molecule has 0 aromatic heterocycles. The third kappa shape index (κ3) is 3.88. The van der Waals surface area contributed by atoms with Crippen molar-refractivity contribution in [2.24, 2.45) is 11.8 Å². The van der Waals surface area contributed by atoms with E-state index in [1.165, 1.54) is 25.7 Å². The first-order valence-corrected chi connectivity index (χ1v) is 9.77. The molecule has 0 radical (unpaired) electrons. The van der Waals surface area contributed by atoms with E-state index in [0.717, 1.165) is 18.4 Å². The Hall–Kier alpha value is 0.177. The molecule has 2 heteroatoms. The van der Waals surface area contributed by atoms with Crippen LogP contribution in [0.3, 0.4) is 0 Å². The maximum Gasteiger partial charge on any atom is 0.191 e. The molecule has 0 N–H and O–H groups in total. The smallest absolute Gasteiger partial charge is 0.191 e. The van der Waals surface area contributed by atoms with E-state index in [1.54, 1.807) is 0 Å². The van der Waals surface area contributed by atoms with Gasteiger partial charge in [0.2, 0.25) is 0 Å². The van der Waals surface area contributed by atoms with Crippen LogP contribution in [0, 0.1) is 11.8 Å². The van der Waals surface area contributed by atoms with E-state index in [-0.39, 0.29) is 0 Å². The fraction of sp³-hybridized carbons (Fsp3) is 1.00. The molecule has 1 aliphatic carbocycles. The molecule has 0 spiro atoms. The van der Waals surface area contributed by atoms with Gasteiger partial charge in [-0.2, -0.15) is 0 Å². The van der Waals surface area contributed by atoms with Crippen LogP contribution in [0.1, 0.15) is 53.4 Å². The van der Waals surface area contributed by atoms with Crippen LogP contribution in [0.5, 0.6) is 0 Å². The second kappa shape index (κ2) is 5.22. The van der Waals surface area contributed by atoms with Gasteiger partial charge in [-0.3, -0.25) is 0 Å². The van der Waals surface area contributed by atoms with Crippen molar-refractivity contribution in [3.05, 3.63) is 0 Å². The predicted octanol–water partition coefficient (Wildman–Crippen LogP) is 4.83. The highest BCUT2D eigenvalue weighted by atomic mass is 28.4. The van der Waals surface area contributed by atoms with E-state index in [9.17, 15) is 0 Å². The second-order valence-electron chi connectivity index (χ2n) is 7.20. The van der Waals surface area contributed by atoms with Crippen molar-refractivity contribution in [1.82, 2.24) is 0 Å². The number of rotatable bonds is 3. The first-order valence-electron chi connectivity index (χ1n) is 6.86. The highest BCUT2D eigenvalue weighted by Crippen LogP contribution is 2.38. The topological polar surface area (TPSA) is 9.23 Å². The number of hydrogen-bond donors (Lipinski definition) is 0. The van der Waals surface area contributed by atoms with Crippen LogP contribution in [-0.4, -0.2) is 14.9 Å². The van der Waals surface area contributed by atoms with E-state index in [4.69, 9.17) is 4.43 Å². The predicted molar refractivity (Wildman–Crippen MR) is 74.3 cm³/mol. The van der Waals surface area contributed by atoms with E-state index in [1.807, 2.05) is 0 Å². The normalized spacial score (nSPS) is 28.1. The van der Waals surface area contributed by atoms with Gasteiger partial charge < -0.3 is 4.43 Å². The molecule has 0 heterocycles. The number of hydrogen-bond acceptors (Lipinski definition) is 1. The molecule has 0 atom stereocenters. The standard InChI is InChI=1S/C14H30OSi/c1-12-7-9-13(10-8-12)11-15-16(5,6)14(2,3)4/h12-13H,7-11H2,1-6H3. The summed E-state index contributed by atoms with van der Waals surface area (Å²) in [5, 5.41) is 0.356. The molecule has 1 fully saturated rings. The zero-order valence-corrected chi connectivity index (χ0v) is 13.1. The van der Waals surface area contributed by atoms with Gasteiger partial charge >= 0.3 is 0 Å². The summed E-state index contributed by atoms with van der Waals surface area (Å²) in [6, 6.07) is 0. The molecule has 96 valence electrons. The maximum absolute atomic E-state index is 6.31. The average molecular weight is 242 g/mol. The first-order chi connectivity index (χ1) is 7.22.